The van der Waals surface area contributed by atoms with Crippen molar-refractivity contribution in [3.63, 3.8) is 0 Å². The second kappa shape index (κ2) is 8.33. The molecule has 0 fully saturated rings. The topological polar surface area (TPSA) is 58.6 Å². The van der Waals surface area contributed by atoms with E-state index in [1.54, 1.807) is 37.6 Å². The zero-order chi connectivity index (χ0) is 16.7. The zero-order valence-electron chi connectivity index (χ0n) is 13.2. The minimum Gasteiger partial charge on any atom is -0.492 e. The lowest BCUT2D eigenvalue weighted by molar-refractivity contribution is 0.207. The maximum absolute atomic E-state index is 12.2. The van der Waals surface area contributed by atoms with Gasteiger partial charge in [-0.1, -0.05) is 30.3 Å². The molecule has 2 amide bonds. The van der Waals surface area contributed by atoms with Gasteiger partial charge < -0.3 is 15.0 Å². The molecule has 1 atom stereocenters. The Morgan fingerprint density at radius 3 is 2.48 bits per heavy atom. The zero-order valence-corrected chi connectivity index (χ0v) is 14.0. The van der Waals surface area contributed by atoms with Crippen LogP contribution in [0.15, 0.2) is 59.5 Å². The normalized spacial score (nSPS) is 11.6. The maximum atomic E-state index is 12.2. The minimum atomic E-state index is -1.16. The van der Waals surface area contributed by atoms with E-state index >= 15 is 0 Å². The molecule has 0 unspecified atom stereocenters. The Kier molecular flexibility index (Phi) is 6.17. The van der Waals surface area contributed by atoms with Gasteiger partial charge in [0.1, 0.15) is 12.4 Å². The molecular formula is C17H20N2O3S. The molecule has 0 bridgehead atoms. The summed E-state index contributed by atoms with van der Waals surface area (Å²) in [4.78, 5) is 14.3. The smallest absolute Gasteiger partial charge is 0.321 e. The summed E-state index contributed by atoms with van der Waals surface area (Å²) in [5.41, 5.74) is 0.564. The molecule has 23 heavy (non-hydrogen) atoms. The van der Waals surface area contributed by atoms with E-state index in [2.05, 4.69) is 5.32 Å². The lowest BCUT2D eigenvalue weighted by atomic mass is 10.3. The van der Waals surface area contributed by atoms with Crippen LogP contribution in [0, 0.1) is 0 Å². The van der Waals surface area contributed by atoms with Crippen LogP contribution in [0.4, 0.5) is 10.5 Å². The first-order valence-corrected chi connectivity index (χ1v) is 8.76. The van der Waals surface area contributed by atoms with Crippen molar-refractivity contribution in [2.75, 3.05) is 31.8 Å². The Balaban J connectivity index is 1.87. The Labute approximate surface area is 138 Å². The summed E-state index contributed by atoms with van der Waals surface area (Å²) in [6.45, 7) is 0.841. The van der Waals surface area contributed by atoms with Gasteiger partial charge in [0, 0.05) is 13.3 Å². The fourth-order valence-electron chi connectivity index (χ4n) is 1.95. The fraction of sp³-hybridized carbons (Fsp3) is 0.235. The van der Waals surface area contributed by atoms with Crippen molar-refractivity contribution in [3.05, 3.63) is 54.6 Å². The van der Waals surface area contributed by atoms with E-state index in [0.717, 1.165) is 5.75 Å². The van der Waals surface area contributed by atoms with E-state index in [1.165, 1.54) is 4.90 Å². The molecule has 2 aromatic rings. The van der Waals surface area contributed by atoms with Crippen molar-refractivity contribution < 1.29 is 13.7 Å². The van der Waals surface area contributed by atoms with Crippen LogP contribution >= 0.6 is 0 Å². The quantitative estimate of drug-likeness (QED) is 0.885. The van der Waals surface area contributed by atoms with E-state index in [9.17, 15) is 9.00 Å². The number of amides is 2. The molecule has 2 rings (SSSR count). The summed E-state index contributed by atoms with van der Waals surface area (Å²) in [6.07, 6.45) is 1.59. The summed E-state index contributed by atoms with van der Waals surface area (Å²) in [6, 6.07) is 16.3. The van der Waals surface area contributed by atoms with E-state index < -0.39 is 10.8 Å². The Bertz CT molecular complexity index is 677. The van der Waals surface area contributed by atoms with Gasteiger partial charge in [-0.2, -0.15) is 0 Å². The number of carbonyl (C=O) groups is 1. The van der Waals surface area contributed by atoms with Crippen LogP contribution in [0.5, 0.6) is 5.75 Å². The molecule has 0 aliphatic heterocycles. The molecule has 0 aromatic heterocycles. The van der Waals surface area contributed by atoms with Crippen molar-refractivity contribution in [3.8, 4) is 5.75 Å². The first-order valence-electron chi connectivity index (χ1n) is 7.20. The molecular weight excluding hydrogens is 312 g/mol. The molecule has 1 N–H and O–H groups in total. The highest BCUT2D eigenvalue weighted by Crippen LogP contribution is 2.18. The van der Waals surface area contributed by atoms with Crippen molar-refractivity contribution in [2.45, 2.75) is 4.90 Å². The molecule has 6 heteroatoms. The van der Waals surface area contributed by atoms with Gasteiger partial charge in [0.25, 0.3) is 0 Å². The van der Waals surface area contributed by atoms with Gasteiger partial charge in [0.05, 0.1) is 27.9 Å². The van der Waals surface area contributed by atoms with Gasteiger partial charge in [0.2, 0.25) is 0 Å². The highest BCUT2D eigenvalue weighted by atomic mass is 32.2. The van der Waals surface area contributed by atoms with Gasteiger partial charge >= 0.3 is 6.03 Å². The van der Waals surface area contributed by atoms with Crippen molar-refractivity contribution >= 4 is 22.5 Å². The third-order valence-electron chi connectivity index (χ3n) is 3.22. The highest BCUT2D eigenvalue weighted by Gasteiger charge is 2.12. The lowest BCUT2D eigenvalue weighted by Gasteiger charge is -2.19. The van der Waals surface area contributed by atoms with E-state index in [4.69, 9.17) is 4.74 Å². The number of urea groups is 1. The molecule has 0 saturated heterocycles. The predicted octanol–water partition coefficient (Wildman–Crippen LogP) is 2.97. The number of likely N-dealkylation sites (N-methyl/N-ethyl adjacent to an activating group) is 1. The van der Waals surface area contributed by atoms with Crippen molar-refractivity contribution in [2.24, 2.45) is 0 Å². The van der Waals surface area contributed by atoms with Crippen LogP contribution in [0.1, 0.15) is 0 Å². The summed E-state index contributed by atoms with van der Waals surface area (Å²) < 4.78 is 17.2. The van der Waals surface area contributed by atoms with Gasteiger partial charge in [-0.15, -0.1) is 0 Å². The molecule has 0 heterocycles. The number of benzene rings is 2. The Hall–Kier alpha value is -2.34. The second-order valence-electron chi connectivity index (χ2n) is 4.96. The SMILES string of the molecule is CN(CCOc1ccccc1)C(=O)Nc1ccccc1[S@](C)=O. The molecule has 0 aliphatic carbocycles. The fourth-order valence-corrected chi connectivity index (χ4v) is 2.65. The number of para-hydroxylation sites is 2. The van der Waals surface area contributed by atoms with E-state index in [1.807, 2.05) is 30.3 Å². The molecule has 0 aliphatic rings. The number of nitrogens with zero attached hydrogens (tertiary/aromatic N) is 1. The van der Waals surface area contributed by atoms with Crippen molar-refractivity contribution in [1.29, 1.82) is 0 Å². The second-order valence-corrected chi connectivity index (χ2v) is 6.31. The first-order chi connectivity index (χ1) is 11.1. The average Bonchev–Trinajstić information content (AvgIpc) is 2.56. The standard InChI is InChI=1S/C17H20N2O3S/c1-19(12-13-22-14-8-4-3-5-9-14)17(20)18-15-10-6-7-11-16(15)23(2)21/h3-11H,12-13H2,1-2H3,(H,18,20)/t23-/m0/s1. The van der Waals surface area contributed by atoms with Crippen LogP contribution in [-0.2, 0) is 10.8 Å². The predicted molar refractivity (Wildman–Crippen MR) is 92.4 cm³/mol. The summed E-state index contributed by atoms with van der Waals surface area (Å²) in [5.74, 6) is 0.771. The minimum absolute atomic E-state index is 0.264. The highest BCUT2D eigenvalue weighted by molar-refractivity contribution is 7.84. The van der Waals surface area contributed by atoms with E-state index in [-0.39, 0.29) is 6.03 Å². The number of rotatable bonds is 6. The number of hydrogen-bond acceptors (Lipinski definition) is 3. The molecule has 0 radical (unpaired) electrons. The summed E-state index contributed by atoms with van der Waals surface area (Å²) >= 11 is 0. The van der Waals surface area contributed by atoms with Crippen LogP contribution < -0.4 is 10.1 Å². The Morgan fingerprint density at radius 2 is 1.78 bits per heavy atom. The molecule has 0 saturated carbocycles. The molecule has 5 nitrogen and oxygen atoms in total. The van der Waals surface area contributed by atoms with Crippen molar-refractivity contribution in [1.82, 2.24) is 4.90 Å². The monoisotopic (exact) mass is 332 g/mol. The molecule has 122 valence electrons. The van der Waals surface area contributed by atoms with Gasteiger partial charge in [0.15, 0.2) is 0 Å². The van der Waals surface area contributed by atoms with Crippen LogP contribution in [0.2, 0.25) is 0 Å². The van der Waals surface area contributed by atoms with Gasteiger partial charge in [-0.25, -0.2) is 4.79 Å². The third-order valence-corrected chi connectivity index (χ3v) is 4.20. The largest absolute Gasteiger partial charge is 0.492 e. The number of hydrogen-bond donors (Lipinski definition) is 1. The van der Waals surface area contributed by atoms with Gasteiger partial charge in [-0.3, -0.25) is 4.21 Å². The number of nitrogens with one attached hydrogen (secondary N) is 1. The molecule has 0 spiro atoms. The summed E-state index contributed by atoms with van der Waals surface area (Å²) in [5, 5.41) is 2.78. The number of carbonyl (C=O) groups excluding carboxylic acids is 1. The molecule has 2 aromatic carbocycles. The van der Waals surface area contributed by atoms with Crippen LogP contribution in [0.25, 0.3) is 0 Å². The number of ether oxygens (including phenoxy) is 1. The Morgan fingerprint density at radius 1 is 1.13 bits per heavy atom. The average molecular weight is 332 g/mol. The van der Waals surface area contributed by atoms with Gasteiger partial charge in [-0.05, 0) is 24.3 Å². The lowest BCUT2D eigenvalue weighted by Crippen LogP contribution is -2.34. The van der Waals surface area contributed by atoms with E-state index in [0.29, 0.717) is 23.7 Å². The van der Waals surface area contributed by atoms with Crippen LogP contribution in [-0.4, -0.2) is 41.6 Å². The first kappa shape index (κ1) is 17.0. The number of anilines is 1. The summed E-state index contributed by atoms with van der Waals surface area (Å²) in [7, 11) is 0.531. The maximum Gasteiger partial charge on any atom is 0.321 e. The third kappa shape index (κ3) is 5.10. The van der Waals surface area contributed by atoms with Crippen LogP contribution in [0.3, 0.4) is 0 Å².